The number of nitrogens with zero attached hydrogens (tertiary/aromatic N) is 2. The highest BCUT2D eigenvalue weighted by Gasteiger charge is 2.16. The van der Waals surface area contributed by atoms with Crippen LogP contribution in [-0.4, -0.2) is 9.36 Å². The van der Waals surface area contributed by atoms with Crippen LogP contribution in [0.2, 0.25) is 5.02 Å². The van der Waals surface area contributed by atoms with Gasteiger partial charge in [-0.3, -0.25) is 0 Å². The molecule has 1 aromatic carbocycles. The number of nitrogens with two attached hydrogens (primary N) is 1. The second kappa shape index (κ2) is 6.01. The number of thiazole rings is 1. The summed E-state index contributed by atoms with van der Waals surface area (Å²) in [5.41, 5.74) is 8.75. The van der Waals surface area contributed by atoms with Gasteiger partial charge in [0, 0.05) is 16.9 Å². The first-order chi connectivity index (χ1) is 10.1. The summed E-state index contributed by atoms with van der Waals surface area (Å²) in [6.07, 6.45) is 0. The average molecular weight is 337 g/mol. The monoisotopic (exact) mass is 336 g/mol. The van der Waals surface area contributed by atoms with Crippen LogP contribution >= 0.6 is 34.5 Å². The largest absolute Gasteiger partial charge is 0.382 e. The second-order valence-electron chi connectivity index (χ2n) is 4.47. The number of benzene rings is 1. The number of aryl methyl sites for hydroxylation is 1. The summed E-state index contributed by atoms with van der Waals surface area (Å²) in [5.74, 6) is 0.506. The van der Waals surface area contributed by atoms with E-state index >= 15 is 0 Å². The molecule has 108 valence electrons. The lowest BCUT2D eigenvalue weighted by Gasteiger charge is -2.07. The minimum Gasteiger partial charge on any atom is -0.382 e. The lowest BCUT2D eigenvalue weighted by molar-refractivity contribution is 1.16. The van der Waals surface area contributed by atoms with Crippen molar-refractivity contribution in [1.29, 1.82) is 0 Å². The van der Waals surface area contributed by atoms with Gasteiger partial charge in [0.15, 0.2) is 0 Å². The topological polar surface area (TPSA) is 63.8 Å². The molecule has 3 aromatic rings. The van der Waals surface area contributed by atoms with Gasteiger partial charge in [-0.15, -0.1) is 11.3 Å². The van der Waals surface area contributed by atoms with E-state index in [1.165, 1.54) is 11.5 Å². The van der Waals surface area contributed by atoms with Crippen LogP contribution in [0.5, 0.6) is 0 Å². The summed E-state index contributed by atoms with van der Waals surface area (Å²) in [5, 5.41) is 8.02. The third kappa shape index (κ3) is 3.02. The van der Waals surface area contributed by atoms with Crippen LogP contribution in [0.3, 0.4) is 0 Å². The first kappa shape index (κ1) is 14.3. The average Bonchev–Trinajstić information content (AvgIpc) is 3.04. The fourth-order valence-electron chi connectivity index (χ4n) is 1.97. The van der Waals surface area contributed by atoms with Crippen molar-refractivity contribution >= 4 is 45.3 Å². The van der Waals surface area contributed by atoms with Gasteiger partial charge in [-0.05, 0) is 30.1 Å². The van der Waals surface area contributed by atoms with Gasteiger partial charge in [-0.2, -0.15) is 4.37 Å². The molecule has 0 saturated heterocycles. The Hall–Kier alpha value is -1.63. The van der Waals surface area contributed by atoms with Crippen molar-refractivity contribution < 1.29 is 0 Å². The molecule has 4 nitrogen and oxygen atoms in total. The molecular weight excluding hydrogens is 324 g/mol. The van der Waals surface area contributed by atoms with Gasteiger partial charge in [0.2, 0.25) is 0 Å². The Kier molecular flexibility index (Phi) is 4.10. The van der Waals surface area contributed by atoms with Crippen LogP contribution in [-0.2, 0) is 6.54 Å². The number of hydrogen-bond donors (Lipinski definition) is 2. The first-order valence-electron chi connectivity index (χ1n) is 6.30. The molecule has 0 amide bonds. The Balaban J connectivity index is 1.85. The Labute approximate surface area is 135 Å². The lowest BCUT2D eigenvalue weighted by Crippen LogP contribution is -2.00. The van der Waals surface area contributed by atoms with Gasteiger partial charge >= 0.3 is 0 Å². The van der Waals surface area contributed by atoms with Crippen molar-refractivity contribution in [3.8, 4) is 11.3 Å². The molecule has 0 bridgehead atoms. The summed E-state index contributed by atoms with van der Waals surface area (Å²) in [7, 11) is 0. The fourth-order valence-corrected chi connectivity index (χ4v) is 3.49. The fraction of sp³-hybridized carbons (Fsp3) is 0.143. The molecule has 0 aliphatic carbocycles. The quantitative estimate of drug-likeness (QED) is 0.740. The van der Waals surface area contributed by atoms with Gasteiger partial charge in [-0.25, -0.2) is 4.98 Å². The second-order valence-corrected chi connectivity index (χ2v) is 6.71. The Morgan fingerprint density at radius 1 is 1.33 bits per heavy atom. The van der Waals surface area contributed by atoms with E-state index in [1.54, 1.807) is 11.3 Å². The Morgan fingerprint density at radius 2 is 2.14 bits per heavy atom. The molecule has 2 heterocycles. The maximum atomic E-state index is 6.17. The van der Waals surface area contributed by atoms with E-state index in [-0.39, 0.29) is 0 Å². The van der Waals surface area contributed by atoms with E-state index in [0.717, 1.165) is 31.9 Å². The standard InChI is InChI=1S/C14H13ClN4S2/c1-8-18-11(7-20-8)12-13(16)19-21-14(12)17-6-9-4-2-3-5-10(9)15/h2-5,7,17H,6H2,1H3,(H2,16,19). The summed E-state index contributed by atoms with van der Waals surface area (Å²) in [6.45, 7) is 2.60. The predicted molar refractivity (Wildman–Crippen MR) is 91.2 cm³/mol. The van der Waals surface area contributed by atoms with Crippen LogP contribution < -0.4 is 11.1 Å². The highest BCUT2D eigenvalue weighted by molar-refractivity contribution is 7.11. The Morgan fingerprint density at radius 3 is 2.86 bits per heavy atom. The molecule has 3 N–H and O–H groups in total. The maximum Gasteiger partial charge on any atom is 0.148 e. The van der Waals surface area contributed by atoms with Gasteiger partial charge in [0.05, 0.1) is 16.3 Å². The van der Waals surface area contributed by atoms with Crippen molar-refractivity contribution in [1.82, 2.24) is 9.36 Å². The van der Waals surface area contributed by atoms with Crippen LogP contribution in [0.15, 0.2) is 29.6 Å². The van der Waals surface area contributed by atoms with Crippen LogP contribution in [0, 0.1) is 6.92 Å². The van der Waals surface area contributed by atoms with Crippen LogP contribution in [0.4, 0.5) is 10.8 Å². The van der Waals surface area contributed by atoms with Crippen molar-refractivity contribution in [2.75, 3.05) is 11.1 Å². The van der Waals surface area contributed by atoms with E-state index in [0.29, 0.717) is 12.4 Å². The molecule has 0 unspecified atom stereocenters. The lowest BCUT2D eigenvalue weighted by atomic mass is 10.2. The molecular formula is C14H13ClN4S2. The molecule has 0 aliphatic rings. The van der Waals surface area contributed by atoms with Gasteiger partial charge in [0.25, 0.3) is 0 Å². The van der Waals surface area contributed by atoms with Crippen LogP contribution in [0.25, 0.3) is 11.3 Å². The van der Waals surface area contributed by atoms with E-state index in [1.807, 2.05) is 36.6 Å². The number of nitrogens with one attached hydrogen (secondary N) is 1. The molecule has 7 heteroatoms. The Bertz CT molecular complexity index is 766. The first-order valence-corrected chi connectivity index (χ1v) is 8.33. The molecule has 3 rings (SSSR count). The molecule has 0 saturated carbocycles. The summed E-state index contributed by atoms with van der Waals surface area (Å²) < 4.78 is 4.23. The SMILES string of the molecule is Cc1nc(-c2c(N)nsc2NCc2ccccc2Cl)cs1. The minimum atomic E-state index is 0.506. The normalized spacial score (nSPS) is 10.8. The van der Waals surface area contributed by atoms with Gasteiger partial charge in [-0.1, -0.05) is 29.8 Å². The smallest absolute Gasteiger partial charge is 0.148 e. The van der Waals surface area contributed by atoms with E-state index in [2.05, 4.69) is 14.7 Å². The minimum absolute atomic E-state index is 0.506. The van der Waals surface area contributed by atoms with Crippen molar-refractivity contribution in [2.24, 2.45) is 0 Å². The molecule has 0 aliphatic heterocycles. The number of hydrogen-bond acceptors (Lipinski definition) is 6. The number of rotatable bonds is 4. The summed E-state index contributed by atoms with van der Waals surface area (Å²) in [6, 6.07) is 7.76. The third-order valence-corrected chi connectivity index (χ3v) is 4.95. The maximum absolute atomic E-state index is 6.17. The number of halogens is 1. The van der Waals surface area contributed by atoms with Crippen LogP contribution in [0.1, 0.15) is 10.6 Å². The number of nitrogen functional groups attached to an aromatic ring is 1. The number of aromatic nitrogens is 2. The molecule has 2 aromatic heterocycles. The third-order valence-electron chi connectivity index (χ3n) is 2.99. The highest BCUT2D eigenvalue weighted by atomic mass is 35.5. The number of anilines is 2. The summed E-state index contributed by atoms with van der Waals surface area (Å²) >= 11 is 9.11. The zero-order valence-corrected chi connectivity index (χ0v) is 13.6. The molecule has 0 spiro atoms. The molecule has 0 atom stereocenters. The highest BCUT2D eigenvalue weighted by Crippen LogP contribution is 2.37. The van der Waals surface area contributed by atoms with E-state index in [4.69, 9.17) is 17.3 Å². The summed E-state index contributed by atoms with van der Waals surface area (Å²) in [4.78, 5) is 4.49. The molecule has 21 heavy (non-hydrogen) atoms. The van der Waals surface area contributed by atoms with Crippen molar-refractivity contribution in [2.45, 2.75) is 13.5 Å². The zero-order chi connectivity index (χ0) is 14.8. The zero-order valence-electron chi connectivity index (χ0n) is 11.3. The van der Waals surface area contributed by atoms with E-state index < -0.39 is 0 Å². The van der Waals surface area contributed by atoms with Gasteiger partial charge in [0.1, 0.15) is 10.8 Å². The van der Waals surface area contributed by atoms with E-state index in [9.17, 15) is 0 Å². The molecule has 0 radical (unpaired) electrons. The van der Waals surface area contributed by atoms with Gasteiger partial charge < -0.3 is 11.1 Å². The predicted octanol–water partition coefficient (Wildman–Crippen LogP) is 4.42. The molecule has 0 fully saturated rings. The van der Waals surface area contributed by atoms with Crippen molar-refractivity contribution in [3.63, 3.8) is 0 Å². The van der Waals surface area contributed by atoms with Crippen molar-refractivity contribution in [3.05, 3.63) is 45.2 Å².